The van der Waals surface area contributed by atoms with Crippen molar-refractivity contribution in [2.24, 2.45) is 5.92 Å². The maximum Gasteiger partial charge on any atom is 0.0622 e. The molecule has 86 valence electrons. The number of rotatable bonds is 8. The zero-order valence-corrected chi connectivity index (χ0v) is 10.2. The lowest BCUT2D eigenvalue weighted by Gasteiger charge is -2.25. The molecular formula is C11H25NO2. The molecule has 0 amide bonds. The van der Waals surface area contributed by atoms with Gasteiger partial charge in [0.2, 0.25) is 0 Å². The minimum absolute atomic E-state index is 0.382. The van der Waals surface area contributed by atoms with Crippen molar-refractivity contribution in [3.63, 3.8) is 0 Å². The average Bonchev–Trinajstić information content (AvgIpc) is 2.12. The van der Waals surface area contributed by atoms with Crippen LogP contribution < -0.4 is 5.32 Å². The van der Waals surface area contributed by atoms with Gasteiger partial charge in [0.15, 0.2) is 0 Å². The highest BCUT2D eigenvalue weighted by Crippen LogP contribution is 2.03. The fourth-order valence-corrected chi connectivity index (χ4v) is 1.34. The van der Waals surface area contributed by atoms with Crippen LogP contribution in [0.15, 0.2) is 0 Å². The van der Waals surface area contributed by atoms with Gasteiger partial charge >= 0.3 is 0 Å². The summed E-state index contributed by atoms with van der Waals surface area (Å²) in [5.41, 5.74) is 0. The summed E-state index contributed by atoms with van der Waals surface area (Å²) in [6.45, 7) is 10.9. The minimum atomic E-state index is 0.382. The predicted molar refractivity (Wildman–Crippen MR) is 59.6 cm³/mol. The summed E-state index contributed by atoms with van der Waals surface area (Å²) in [5, 5.41) is 3.50. The lowest BCUT2D eigenvalue weighted by Crippen LogP contribution is -2.44. The predicted octanol–water partition coefficient (Wildman–Crippen LogP) is 1.67. The van der Waals surface area contributed by atoms with Crippen LogP contribution in [0.3, 0.4) is 0 Å². The summed E-state index contributed by atoms with van der Waals surface area (Å²) in [5.74, 6) is 0.584. The molecule has 0 radical (unpaired) electrons. The second-order valence-electron chi connectivity index (χ2n) is 4.03. The highest BCUT2D eigenvalue weighted by molar-refractivity contribution is 4.73. The SMILES string of the molecule is CCOCC(NC(C)COC)C(C)C. The topological polar surface area (TPSA) is 30.5 Å². The molecule has 0 bridgehead atoms. The third-order valence-electron chi connectivity index (χ3n) is 2.22. The number of ether oxygens (including phenoxy) is 2. The van der Waals surface area contributed by atoms with E-state index in [1.54, 1.807) is 7.11 Å². The lowest BCUT2D eigenvalue weighted by molar-refractivity contribution is 0.0933. The van der Waals surface area contributed by atoms with Crippen LogP contribution >= 0.6 is 0 Å². The number of hydrogen-bond donors (Lipinski definition) is 1. The Hall–Kier alpha value is -0.120. The standard InChI is InChI=1S/C11H25NO2/c1-6-14-8-11(9(2)3)12-10(4)7-13-5/h9-12H,6-8H2,1-5H3. The van der Waals surface area contributed by atoms with Crippen molar-refractivity contribution in [3.05, 3.63) is 0 Å². The first-order valence-electron chi connectivity index (χ1n) is 5.44. The number of methoxy groups -OCH3 is 1. The van der Waals surface area contributed by atoms with Gasteiger partial charge in [-0.05, 0) is 19.8 Å². The molecule has 2 atom stereocenters. The molecule has 0 aliphatic heterocycles. The maximum absolute atomic E-state index is 5.43. The fraction of sp³-hybridized carbons (Fsp3) is 1.00. The summed E-state index contributed by atoms with van der Waals surface area (Å²) >= 11 is 0. The molecule has 0 fully saturated rings. The largest absolute Gasteiger partial charge is 0.383 e. The number of hydrogen-bond acceptors (Lipinski definition) is 3. The molecule has 0 rings (SSSR count). The third kappa shape index (κ3) is 6.35. The third-order valence-corrected chi connectivity index (χ3v) is 2.22. The molecule has 0 aromatic carbocycles. The van der Waals surface area contributed by atoms with Crippen molar-refractivity contribution in [2.45, 2.75) is 39.8 Å². The van der Waals surface area contributed by atoms with Gasteiger partial charge in [0.1, 0.15) is 0 Å². The second kappa shape index (κ2) is 8.21. The van der Waals surface area contributed by atoms with E-state index in [1.807, 2.05) is 6.92 Å². The first-order chi connectivity index (χ1) is 6.61. The Morgan fingerprint density at radius 1 is 1.14 bits per heavy atom. The highest BCUT2D eigenvalue weighted by atomic mass is 16.5. The average molecular weight is 203 g/mol. The molecule has 0 aliphatic carbocycles. The van der Waals surface area contributed by atoms with Crippen molar-refractivity contribution in [2.75, 3.05) is 26.9 Å². The van der Waals surface area contributed by atoms with Crippen LogP contribution in [0.4, 0.5) is 0 Å². The fourth-order valence-electron chi connectivity index (χ4n) is 1.34. The van der Waals surface area contributed by atoms with Crippen LogP contribution in [-0.2, 0) is 9.47 Å². The van der Waals surface area contributed by atoms with Crippen molar-refractivity contribution in [1.82, 2.24) is 5.32 Å². The second-order valence-corrected chi connectivity index (χ2v) is 4.03. The zero-order chi connectivity index (χ0) is 11.0. The Kier molecular flexibility index (Phi) is 8.14. The van der Waals surface area contributed by atoms with E-state index in [0.29, 0.717) is 18.0 Å². The molecule has 3 heteroatoms. The summed E-state index contributed by atoms with van der Waals surface area (Å²) in [6, 6.07) is 0.799. The van der Waals surface area contributed by atoms with Crippen LogP contribution in [0.5, 0.6) is 0 Å². The summed E-state index contributed by atoms with van der Waals surface area (Å²) in [4.78, 5) is 0. The Bertz CT molecular complexity index is 128. The molecule has 0 aliphatic rings. The van der Waals surface area contributed by atoms with E-state index < -0.39 is 0 Å². The van der Waals surface area contributed by atoms with Crippen LogP contribution in [0.2, 0.25) is 0 Å². The molecule has 1 N–H and O–H groups in total. The molecule has 0 heterocycles. The lowest BCUT2D eigenvalue weighted by atomic mass is 10.0. The molecule has 0 saturated carbocycles. The van der Waals surface area contributed by atoms with Crippen molar-refractivity contribution in [3.8, 4) is 0 Å². The maximum atomic E-state index is 5.43. The van der Waals surface area contributed by atoms with E-state index in [2.05, 4.69) is 26.1 Å². The van der Waals surface area contributed by atoms with Crippen LogP contribution in [0, 0.1) is 5.92 Å². The molecule has 0 saturated heterocycles. The smallest absolute Gasteiger partial charge is 0.0622 e. The van der Waals surface area contributed by atoms with E-state index >= 15 is 0 Å². The quantitative estimate of drug-likeness (QED) is 0.651. The molecule has 0 aromatic rings. The first-order valence-corrected chi connectivity index (χ1v) is 5.44. The monoisotopic (exact) mass is 203 g/mol. The van der Waals surface area contributed by atoms with Gasteiger partial charge in [-0.25, -0.2) is 0 Å². The summed E-state index contributed by atoms with van der Waals surface area (Å²) in [6.07, 6.45) is 0. The van der Waals surface area contributed by atoms with Crippen molar-refractivity contribution < 1.29 is 9.47 Å². The Balaban J connectivity index is 3.82. The normalized spacial score (nSPS) is 15.9. The van der Waals surface area contributed by atoms with E-state index in [4.69, 9.17) is 9.47 Å². The van der Waals surface area contributed by atoms with E-state index in [-0.39, 0.29) is 0 Å². The van der Waals surface area contributed by atoms with Gasteiger partial charge in [0.25, 0.3) is 0 Å². The van der Waals surface area contributed by atoms with Gasteiger partial charge in [0, 0.05) is 25.8 Å². The van der Waals surface area contributed by atoms with Gasteiger partial charge in [0.05, 0.1) is 13.2 Å². The molecule has 14 heavy (non-hydrogen) atoms. The summed E-state index contributed by atoms with van der Waals surface area (Å²) < 4.78 is 10.5. The number of nitrogens with one attached hydrogen (secondary N) is 1. The van der Waals surface area contributed by atoms with Crippen LogP contribution in [0.1, 0.15) is 27.7 Å². The summed E-state index contributed by atoms with van der Waals surface area (Å²) in [7, 11) is 1.73. The highest BCUT2D eigenvalue weighted by Gasteiger charge is 2.15. The Morgan fingerprint density at radius 3 is 2.21 bits per heavy atom. The minimum Gasteiger partial charge on any atom is -0.383 e. The van der Waals surface area contributed by atoms with Crippen molar-refractivity contribution >= 4 is 0 Å². The van der Waals surface area contributed by atoms with Crippen LogP contribution in [0.25, 0.3) is 0 Å². The van der Waals surface area contributed by atoms with E-state index in [0.717, 1.165) is 19.8 Å². The van der Waals surface area contributed by atoms with E-state index in [9.17, 15) is 0 Å². The van der Waals surface area contributed by atoms with Crippen LogP contribution in [-0.4, -0.2) is 39.0 Å². The Morgan fingerprint density at radius 2 is 1.79 bits per heavy atom. The van der Waals surface area contributed by atoms with Gasteiger partial charge < -0.3 is 14.8 Å². The van der Waals surface area contributed by atoms with Gasteiger partial charge in [-0.2, -0.15) is 0 Å². The molecular weight excluding hydrogens is 178 g/mol. The molecule has 3 nitrogen and oxygen atoms in total. The first kappa shape index (κ1) is 13.9. The van der Waals surface area contributed by atoms with Gasteiger partial charge in [-0.15, -0.1) is 0 Å². The van der Waals surface area contributed by atoms with Crippen molar-refractivity contribution in [1.29, 1.82) is 0 Å². The molecule has 0 aromatic heterocycles. The Labute approximate surface area is 88.2 Å². The molecule has 0 spiro atoms. The van der Waals surface area contributed by atoms with E-state index in [1.165, 1.54) is 0 Å². The molecule has 2 unspecified atom stereocenters. The van der Waals surface area contributed by atoms with Gasteiger partial charge in [-0.3, -0.25) is 0 Å². The zero-order valence-electron chi connectivity index (χ0n) is 10.2. The van der Waals surface area contributed by atoms with Gasteiger partial charge in [-0.1, -0.05) is 13.8 Å².